The van der Waals surface area contributed by atoms with Crippen LogP contribution in [0.3, 0.4) is 0 Å². The Labute approximate surface area is 127 Å². The van der Waals surface area contributed by atoms with Crippen LogP contribution in [0.15, 0.2) is 47.1 Å². The molecule has 4 nitrogen and oxygen atoms in total. The van der Waals surface area contributed by atoms with Crippen molar-refractivity contribution in [3.8, 4) is 0 Å². The Morgan fingerprint density at radius 3 is 2.40 bits per heavy atom. The van der Waals surface area contributed by atoms with Crippen LogP contribution >= 0.6 is 15.9 Å². The molecule has 3 rings (SSSR count). The Morgan fingerprint density at radius 2 is 1.75 bits per heavy atom. The van der Waals surface area contributed by atoms with Crippen LogP contribution in [-0.4, -0.2) is 31.2 Å². The van der Waals surface area contributed by atoms with Gasteiger partial charge in [0.1, 0.15) is 5.82 Å². The number of anilines is 3. The first-order valence-corrected chi connectivity index (χ1v) is 7.49. The molecule has 0 aliphatic carbocycles. The maximum atomic E-state index is 5.79. The van der Waals surface area contributed by atoms with E-state index in [1.54, 1.807) is 0 Å². The zero-order valence-electron chi connectivity index (χ0n) is 11.2. The summed E-state index contributed by atoms with van der Waals surface area (Å²) in [6.45, 7) is 3.93. The Bertz CT molecular complexity index is 580. The van der Waals surface area contributed by atoms with Crippen molar-refractivity contribution in [2.45, 2.75) is 0 Å². The van der Waals surface area contributed by atoms with E-state index in [1.807, 2.05) is 30.5 Å². The number of nitrogen functional groups attached to an aromatic ring is 1. The number of nitrogens with zero attached hydrogens (tertiary/aromatic N) is 3. The van der Waals surface area contributed by atoms with E-state index in [4.69, 9.17) is 5.73 Å². The molecule has 0 spiro atoms. The van der Waals surface area contributed by atoms with Gasteiger partial charge in [-0.25, -0.2) is 4.98 Å². The molecule has 1 aromatic heterocycles. The van der Waals surface area contributed by atoms with Crippen molar-refractivity contribution in [2.75, 3.05) is 41.7 Å². The Morgan fingerprint density at radius 1 is 1.00 bits per heavy atom. The Hall–Kier alpha value is -1.75. The zero-order valence-corrected chi connectivity index (χ0v) is 12.8. The minimum absolute atomic E-state index is 0.785. The van der Waals surface area contributed by atoms with Crippen LogP contribution in [0.1, 0.15) is 0 Å². The summed E-state index contributed by atoms with van der Waals surface area (Å²) in [7, 11) is 0. The quantitative estimate of drug-likeness (QED) is 0.859. The number of nitrogens with two attached hydrogens (primary N) is 1. The normalized spacial score (nSPS) is 15.4. The maximum Gasteiger partial charge on any atom is 0.128 e. The van der Waals surface area contributed by atoms with Gasteiger partial charge >= 0.3 is 0 Å². The second-order valence-corrected chi connectivity index (χ2v) is 5.73. The summed E-state index contributed by atoms with van der Waals surface area (Å²) >= 11 is 3.60. The number of pyridine rings is 1. The standard InChI is InChI=1S/C15H17BrN4/c16-13-11-12(17)4-5-14(13)19-7-9-20(10-8-19)15-3-1-2-6-18-15/h1-6,11H,7-10,17H2. The number of aromatic nitrogens is 1. The molecular formula is C15H17BrN4. The largest absolute Gasteiger partial charge is 0.399 e. The molecular weight excluding hydrogens is 316 g/mol. The van der Waals surface area contributed by atoms with Gasteiger partial charge in [0.15, 0.2) is 0 Å². The fourth-order valence-corrected chi connectivity index (χ4v) is 3.14. The van der Waals surface area contributed by atoms with E-state index >= 15 is 0 Å². The highest BCUT2D eigenvalue weighted by atomic mass is 79.9. The molecule has 1 fully saturated rings. The summed E-state index contributed by atoms with van der Waals surface area (Å²) in [5.74, 6) is 1.06. The highest BCUT2D eigenvalue weighted by molar-refractivity contribution is 9.10. The summed E-state index contributed by atoms with van der Waals surface area (Å²) in [6.07, 6.45) is 1.85. The maximum absolute atomic E-state index is 5.79. The summed E-state index contributed by atoms with van der Waals surface area (Å²) in [4.78, 5) is 9.11. The number of hydrogen-bond donors (Lipinski definition) is 1. The van der Waals surface area contributed by atoms with Crippen LogP contribution in [0.4, 0.5) is 17.2 Å². The van der Waals surface area contributed by atoms with E-state index in [0.29, 0.717) is 0 Å². The van der Waals surface area contributed by atoms with Crippen molar-refractivity contribution in [1.82, 2.24) is 4.98 Å². The lowest BCUT2D eigenvalue weighted by Crippen LogP contribution is -2.46. The molecule has 1 saturated heterocycles. The average Bonchev–Trinajstić information content (AvgIpc) is 2.48. The van der Waals surface area contributed by atoms with Crippen LogP contribution < -0.4 is 15.5 Å². The SMILES string of the molecule is Nc1ccc(N2CCN(c3ccccn3)CC2)c(Br)c1. The summed E-state index contributed by atoms with van der Waals surface area (Å²) in [5, 5.41) is 0. The van der Waals surface area contributed by atoms with Gasteiger partial charge in [-0.15, -0.1) is 0 Å². The lowest BCUT2D eigenvalue weighted by molar-refractivity contribution is 0.647. The lowest BCUT2D eigenvalue weighted by Gasteiger charge is -2.37. The van der Waals surface area contributed by atoms with Gasteiger partial charge in [-0.3, -0.25) is 0 Å². The van der Waals surface area contributed by atoms with E-state index in [1.165, 1.54) is 5.69 Å². The van der Waals surface area contributed by atoms with E-state index in [0.717, 1.165) is 42.2 Å². The molecule has 20 heavy (non-hydrogen) atoms. The molecule has 1 aliphatic rings. The first-order valence-electron chi connectivity index (χ1n) is 6.70. The number of piperazine rings is 1. The molecule has 2 aromatic rings. The number of halogens is 1. The Balaban J connectivity index is 1.69. The smallest absolute Gasteiger partial charge is 0.128 e. The molecule has 0 saturated carbocycles. The predicted octanol–water partition coefficient (Wildman–Crippen LogP) is 2.75. The van der Waals surface area contributed by atoms with Gasteiger partial charge in [0.2, 0.25) is 0 Å². The van der Waals surface area contributed by atoms with Crippen molar-refractivity contribution in [3.63, 3.8) is 0 Å². The van der Waals surface area contributed by atoms with Gasteiger partial charge < -0.3 is 15.5 Å². The molecule has 0 unspecified atom stereocenters. The number of hydrogen-bond acceptors (Lipinski definition) is 4. The van der Waals surface area contributed by atoms with E-state index in [2.05, 4.69) is 42.8 Å². The van der Waals surface area contributed by atoms with Gasteiger partial charge in [0.05, 0.1) is 5.69 Å². The fraction of sp³-hybridized carbons (Fsp3) is 0.267. The van der Waals surface area contributed by atoms with E-state index < -0.39 is 0 Å². The van der Waals surface area contributed by atoms with Crippen molar-refractivity contribution in [3.05, 3.63) is 47.1 Å². The Kier molecular flexibility index (Phi) is 3.78. The average molecular weight is 333 g/mol. The molecule has 5 heteroatoms. The minimum atomic E-state index is 0.785. The highest BCUT2D eigenvalue weighted by Gasteiger charge is 2.19. The fourth-order valence-electron chi connectivity index (χ4n) is 2.50. The number of benzene rings is 1. The van der Waals surface area contributed by atoms with Gasteiger partial charge in [0, 0.05) is 42.5 Å². The van der Waals surface area contributed by atoms with E-state index in [9.17, 15) is 0 Å². The molecule has 0 bridgehead atoms. The third kappa shape index (κ3) is 2.72. The summed E-state index contributed by atoms with van der Waals surface area (Å²) < 4.78 is 1.06. The molecule has 0 radical (unpaired) electrons. The molecule has 0 atom stereocenters. The lowest BCUT2D eigenvalue weighted by atomic mass is 10.2. The molecule has 1 aromatic carbocycles. The van der Waals surface area contributed by atoms with Crippen molar-refractivity contribution < 1.29 is 0 Å². The van der Waals surface area contributed by atoms with Gasteiger partial charge in [0.25, 0.3) is 0 Å². The predicted molar refractivity (Wildman–Crippen MR) is 87.2 cm³/mol. The van der Waals surface area contributed by atoms with Gasteiger partial charge in [-0.2, -0.15) is 0 Å². The third-order valence-corrected chi connectivity index (χ3v) is 4.20. The van der Waals surface area contributed by atoms with Gasteiger partial charge in [-0.1, -0.05) is 6.07 Å². The molecule has 1 aliphatic heterocycles. The summed E-state index contributed by atoms with van der Waals surface area (Å²) in [6, 6.07) is 12.0. The van der Waals surface area contributed by atoms with Crippen LogP contribution in [0.25, 0.3) is 0 Å². The van der Waals surface area contributed by atoms with Crippen LogP contribution in [-0.2, 0) is 0 Å². The molecule has 2 heterocycles. The van der Waals surface area contributed by atoms with Crippen LogP contribution in [0.5, 0.6) is 0 Å². The van der Waals surface area contributed by atoms with Crippen molar-refractivity contribution in [1.29, 1.82) is 0 Å². The first-order chi connectivity index (χ1) is 9.74. The molecule has 0 amide bonds. The van der Waals surface area contributed by atoms with Crippen molar-refractivity contribution in [2.24, 2.45) is 0 Å². The van der Waals surface area contributed by atoms with E-state index in [-0.39, 0.29) is 0 Å². The molecule has 2 N–H and O–H groups in total. The minimum Gasteiger partial charge on any atom is -0.399 e. The second kappa shape index (κ2) is 5.71. The topological polar surface area (TPSA) is 45.4 Å². The second-order valence-electron chi connectivity index (χ2n) is 4.87. The highest BCUT2D eigenvalue weighted by Crippen LogP contribution is 2.29. The summed E-state index contributed by atoms with van der Waals surface area (Å²) in [5.41, 5.74) is 7.78. The molecule has 104 valence electrons. The van der Waals surface area contributed by atoms with Crippen LogP contribution in [0, 0.1) is 0 Å². The van der Waals surface area contributed by atoms with Crippen LogP contribution in [0.2, 0.25) is 0 Å². The monoisotopic (exact) mass is 332 g/mol. The van der Waals surface area contributed by atoms with Gasteiger partial charge in [-0.05, 0) is 46.3 Å². The zero-order chi connectivity index (χ0) is 13.9. The first kappa shape index (κ1) is 13.2. The number of rotatable bonds is 2. The third-order valence-electron chi connectivity index (χ3n) is 3.57. The van der Waals surface area contributed by atoms with Crippen molar-refractivity contribution >= 4 is 33.1 Å².